The SMILES string of the molecule is CC/C=C\C/C=C\C/C=C\C/C=C\C/C=C\CCCC(=O)OCC(COC(=O)CCCCCCCCCCCC/C=C\C=C/CCCCC)OC(=O)CCCCCCC/C=C\C=C/CCCCCCCCC. The van der Waals surface area contributed by atoms with Crippen LogP contribution in [0.5, 0.6) is 0 Å². The van der Waals surface area contributed by atoms with E-state index >= 15 is 0 Å². The number of carbonyl (C=O) groups is 3. The number of hydrogen-bond acceptors (Lipinski definition) is 6. The van der Waals surface area contributed by atoms with Gasteiger partial charge in [-0.1, -0.05) is 252 Å². The van der Waals surface area contributed by atoms with Crippen LogP contribution in [-0.4, -0.2) is 37.2 Å². The molecule has 0 spiro atoms. The van der Waals surface area contributed by atoms with Crippen molar-refractivity contribution in [2.24, 2.45) is 0 Å². The Morgan fingerprint density at radius 1 is 0.306 bits per heavy atom. The van der Waals surface area contributed by atoms with Gasteiger partial charge in [0.25, 0.3) is 0 Å². The number of rotatable bonds is 53. The second-order valence-electron chi connectivity index (χ2n) is 19.6. The maximum absolute atomic E-state index is 12.9. The average molecular weight is 1000 g/mol. The van der Waals surface area contributed by atoms with Crippen LogP contribution in [0.2, 0.25) is 0 Å². The lowest BCUT2D eigenvalue weighted by molar-refractivity contribution is -0.167. The van der Waals surface area contributed by atoms with Crippen molar-refractivity contribution in [1.29, 1.82) is 0 Å². The van der Waals surface area contributed by atoms with Crippen molar-refractivity contribution in [3.8, 4) is 0 Å². The van der Waals surface area contributed by atoms with E-state index in [1.165, 1.54) is 128 Å². The fourth-order valence-electron chi connectivity index (χ4n) is 8.05. The molecule has 0 saturated heterocycles. The quantitative estimate of drug-likeness (QED) is 0.0199. The summed E-state index contributed by atoms with van der Waals surface area (Å²) in [6.07, 6.45) is 80.8. The van der Waals surface area contributed by atoms with Gasteiger partial charge in [-0.05, 0) is 109 Å². The highest BCUT2D eigenvalue weighted by molar-refractivity contribution is 5.71. The number of unbranched alkanes of at least 4 members (excludes halogenated alkanes) is 26. The normalized spacial score (nSPS) is 12.9. The molecule has 72 heavy (non-hydrogen) atoms. The van der Waals surface area contributed by atoms with Crippen LogP contribution in [0, 0.1) is 0 Å². The van der Waals surface area contributed by atoms with Gasteiger partial charge in [-0.25, -0.2) is 0 Å². The maximum Gasteiger partial charge on any atom is 0.306 e. The first kappa shape index (κ1) is 68.1. The van der Waals surface area contributed by atoms with Gasteiger partial charge < -0.3 is 14.2 Å². The van der Waals surface area contributed by atoms with Gasteiger partial charge in [-0.3, -0.25) is 14.4 Å². The second kappa shape index (κ2) is 59.6. The molecule has 1 atom stereocenters. The summed E-state index contributed by atoms with van der Waals surface area (Å²) in [5, 5.41) is 0. The number of ether oxygens (including phenoxy) is 3. The van der Waals surface area contributed by atoms with E-state index in [4.69, 9.17) is 14.2 Å². The van der Waals surface area contributed by atoms with E-state index in [0.717, 1.165) is 96.3 Å². The molecule has 410 valence electrons. The Balaban J connectivity index is 4.50. The highest BCUT2D eigenvalue weighted by atomic mass is 16.6. The molecule has 0 bridgehead atoms. The van der Waals surface area contributed by atoms with Gasteiger partial charge in [-0.15, -0.1) is 0 Å². The van der Waals surface area contributed by atoms with Gasteiger partial charge in [0.1, 0.15) is 13.2 Å². The molecule has 0 rings (SSSR count). The van der Waals surface area contributed by atoms with E-state index in [2.05, 4.69) is 130 Å². The summed E-state index contributed by atoms with van der Waals surface area (Å²) in [5.41, 5.74) is 0. The molecule has 0 aromatic heterocycles. The zero-order valence-electron chi connectivity index (χ0n) is 46.9. The summed E-state index contributed by atoms with van der Waals surface area (Å²) in [6, 6.07) is 0. The Labute approximate surface area is 444 Å². The van der Waals surface area contributed by atoms with Gasteiger partial charge in [0.2, 0.25) is 0 Å². The van der Waals surface area contributed by atoms with Crippen LogP contribution in [0.1, 0.15) is 271 Å². The maximum atomic E-state index is 12.9. The zero-order chi connectivity index (χ0) is 52.2. The Bertz CT molecular complexity index is 1470. The van der Waals surface area contributed by atoms with Gasteiger partial charge in [0.15, 0.2) is 6.10 Å². The summed E-state index contributed by atoms with van der Waals surface area (Å²) < 4.78 is 16.8. The smallest absolute Gasteiger partial charge is 0.306 e. The van der Waals surface area contributed by atoms with Crippen molar-refractivity contribution in [1.82, 2.24) is 0 Å². The molecule has 0 aromatic carbocycles. The number of carbonyl (C=O) groups excluding carboxylic acids is 3. The van der Waals surface area contributed by atoms with Crippen LogP contribution in [-0.2, 0) is 28.6 Å². The summed E-state index contributed by atoms with van der Waals surface area (Å²) in [4.78, 5) is 38.2. The standard InChI is InChI=1S/C66H110O6/c1-4-7-10-13-16-19-22-25-28-31-33-36-38-41-44-47-50-53-56-59-65(68)71-62-63(61-70-64(67)58-55-52-49-46-43-40-37-34-30-27-24-21-18-15-12-9-6-3)72-66(69)60-57-54-51-48-45-42-39-35-32-29-26-23-20-17-14-11-8-5-2/h9,12,16,18-19,21-22,25,27,29-30,32,35,37,39-40,46,49,63H,4-8,10-11,13-15,17,20,23-24,26,28,31,33-34,36,38,41-45,47-48,50-62H2,1-3H3/b12-9-,19-16-,21-18-,25-22-,30-27-,32-29-,39-35-,40-37-,49-46-. The van der Waals surface area contributed by atoms with Crippen LogP contribution in [0.25, 0.3) is 0 Å². The number of esters is 3. The molecule has 0 aliphatic rings. The first-order valence-electron chi connectivity index (χ1n) is 29.9. The highest BCUT2D eigenvalue weighted by Gasteiger charge is 2.19. The fraction of sp³-hybridized carbons (Fsp3) is 0.682. The van der Waals surface area contributed by atoms with Crippen molar-refractivity contribution in [3.05, 3.63) is 109 Å². The third-order valence-electron chi connectivity index (χ3n) is 12.5. The molecular formula is C66H110O6. The van der Waals surface area contributed by atoms with Gasteiger partial charge in [0, 0.05) is 19.3 Å². The first-order valence-corrected chi connectivity index (χ1v) is 29.9. The largest absolute Gasteiger partial charge is 0.462 e. The molecule has 6 heteroatoms. The van der Waals surface area contributed by atoms with Crippen LogP contribution >= 0.6 is 0 Å². The molecular weight excluding hydrogens is 889 g/mol. The first-order chi connectivity index (χ1) is 35.5. The van der Waals surface area contributed by atoms with Crippen LogP contribution in [0.3, 0.4) is 0 Å². The van der Waals surface area contributed by atoms with Crippen molar-refractivity contribution in [2.45, 2.75) is 277 Å². The molecule has 0 N–H and O–H groups in total. The Morgan fingerprint density at radius 2 is 0.597 bits per heavy atom. The molecule has 0 heterocycles. The van der Waals surface area contributed by atoms with Crippen molar-refractivity contribution in [3.63, 3.8) is 0 Å². The van der Waals surface area contributed by atoms with Gasteiger partial charge >= 0.3 is 17.9 Å². The summed E-state index contributed by atoms with van der Waals surface area (Å²) >= 11 is 0. The average Bonchev–Trinajstić information content (AvgIpc) is 3.38. The Kier molecular flexibility index (Phi) is 56.4. The number of hydrogen-bond donors (Lipinski definition) is 0. The van der Waals surface area contributed by atoms with Gasteiger partial charge in [0.05, 0.1) is 0 Å². The van der Waals surface area contributed by atoms with E-state index < -0.39 is 6.10 Å². The predicted molar refractivity (Wildman–Crippen MR) is 311 cm³/mol. The molecule has 0 aromatic rings. The second-order valence-corrected chi connectivity index (χ2v) is 19.6. The monoisotopic (exact) mass is 999 g/mol. The third-order valence-corrected chi connectivity index (χ3v) is 12.5. The summed E-state index contributed by atoms with van der Waals surface area (Å²) in [7, 11) is 0. The summed E-state index contributed by atoms with van der Waals surface area (Å²) in [6.45, 7) is 6.44. The fourth-order valence-corrected chi connectivity index (χ4v) is 8.05. The van der Waals surface area contributed by atoms with E-state index in [-0.39, 0.29) is 37.5 Å². The minimum absolute atomic E-state index is 0.105. The van der Waals surface area contributed by atoms with E-state index in [1.807, 2.05) is 0 Å². The molecule has 0 saturated carbocycles. The Hall–Kier alpha value is -3.93. The highest BCUT2D eigenvalue weighted by Crippen LogP contribution is 2.15. The lowest BCUT2D eigenvalue weighted by atomic mass is 10.1. The van der Waals surface area contributed by atoms with Crippen molar-refractivity contribution < 1.29 is 28.6 Å². The van der Waals surface area contributed by atoms with Crippen molar-refractivity contribution in [2.75, 3.05) is 13.2 Å². The topological polar surface area (TPSA) is 78.9 Å². The lowest BCUT2D eigenvalue weighted by Crippen LogP contribution is -2.30. The van der Waals surface area contributed by atoms with E-state index in [1.54, 1.807) is 0 Å². The third kappa shape index (κ3) is 57.0. The van der Waals surface area contributed by atoms with Gasteiger partial charge in [-0.2, -0.15) is 0 Å². The molecule has 1 unspecified atom stereocenters. The number of allylic oxidation sites excluding steroid dienone is 18. The molecule has 0 aliphatic carbocycles. The summed E-state index contributed by atoms with van der Waals surface area (Å²) in [5.74, 6) is -0.981. The van der Waals surface area contributed by atoms with Crippen LogP contribution in [0.4, 0.5) is 0 Å². The zero-order valence-corrected chi connectivity index (χ0v) is 46.9. The lowest BCUT2D eigenvalue weighted by Gasteiger charge is -2.18. The Morgan fingerprint density at radius 3 is 1.00 bits per heavy atom. The molecule has 0 aliphatic heterocycles. The molecule has 0 fully saturated rings. The van der Waals surface area contributed by atoms with E-state index in [0.29, 0.717) is 19.3 Å². The molecule has 0 radical (unpaired) electrons. The van der Waals surface area contributed by atoms with Crippen molar-refractivity contribution >= 4 is 17.9 Å². The van der Waals surface area contributed by atoms with E-state index in [9.17, 15) is 14.4 Å². The predicted octanol–water partition coefficient (Wildman–Crippen LogP) is 20.3. The van der Waals surface area contributed by atoms with Crippen LogP contribution < -0.4 is 0 Å². The molecule has 6 nitrogen and oxygen atoms in total. The molecule has 0 amide bonds. The minimum Gasteiger partial charge on any atom is -0.462 e. The minimum atomic E-state index is -0.813. The van der Waals surface area contributed by atoms with Crippen LogP contribution in [0.15, 0.2) is 109 Å².